The first-order chi connectivity index (χ1) is 8.65. The molecule has 0 aromatic heterocycles. The first kappa shape index (κ1) is 14.4. The highest BCUT2D eigenvalue weighted by molar-refractivity contribution is 5.48. The van der Waals surface area contributed by atoms with Gasteiger partial charge in [-0.2, -0.15) is 0 Å². The Morgan fingerprint density at radius 2 is 2.17 bits per heavy atom. The third-order valence-electron chi connectivity index (χ3n) is 2.55. The summed E-state index contributed by atoms with van der Waals surface area (Å²) in [6.07, 6.45) is 2.28. The number of nitrogens with zero attached hydrogens (tertiary/aromatic N) is 1. The monoisotopic (exact) mass is 252 g/mol. The largest absolute Gasteiger partial charge is 0.485 e. The van der Waals surface area contributed by atoms with E-state index in [1.165, 1.54) is 6.07 Å². The Labute approximate surface area is 107 Å². The molecule has 0 fully saturated rings. The zero-order valence-electron chi connectivity index (χ0n) is 10.9. The number of rotatable bonds is 8. The van der Waals surface area contributed by atoms with Crippen LogP contribution in [-0.2, 0) is 0 Å². The second kappa shape index (κ2) is 7.66. The molecule has 1 rings (SSSR count). The first-order valence-corrected chi connectivity index (χ1v) is 6.23. The van der Waals surface area contributed by atoms with Crippen LogP contribution in [0.15, 0.2) is 18.2 Å². The second-order valence-electron chi connectivity index (χ2n) is 4.18. The summed E-state index contributed by atoms with van der Waals surface area (Å²) in [5.74, 6) is 0.336. The molecule has 100 valence electrons. The molecule has 0 heterocycles. The summed E-state index contributed by atoms with van der Waals surface area (Å²) >= 11 is 0. The molecule has 0 saturated carbocycles. The van der Waals surface area contributed by atoms with Crippen LogP contribution in [0.1, 0.15) is 25.3 Å². The summed E-state index contributed by atoms with van der Waals surface area (Å²) in [7, 11) is 0. The van der Waals surface area contributed by atoms with Gasteiger partial charge in [0.15, 0.2) is 5.75 Å². The van der Waals surface area contributed by atoms with Crippen molar-refractivity contribution in [2.75, 3.05) is 19.7 Å². The smallest absolute Gasteiger partial charge is 0.311 e. The Bertz CT molecular complexity index is 394. The quantitative estimate of drug-likeness (QED) is 0.439. The lowest BCUT2D eigenvalue weighted by molar-refractivity contribution is -0.385. The average molecular weight is 252 g/mol. The van der Waals surface area contributed by atoms with Crippen molar-refractivity contribution < 1.29 is 9.66 Å². The van der Waals surface area contributed by atoms with E-state index >= 15 is 0 Å². The zero-order valence-corrected chi connectivity index (χ0v) is 10.9. The van der Waals surface area contributed by atoms with Crippen LogP contribution >= 0.6 is 0 Å². The fourth-order valence-corrected chi connectivity index (χ4v) is 1.55. The lowest BCUT2D eigenvalue weighted by atomic mass is 10.2. The molecule has 0 bridgehead atoms. The third-order valence-corrected chi connectivity index (χ3v) is 2.55. The molecule has 1 aromatic rings. The summed E-state index contributed by atoms with van der Waals surface area (Å²) < 4.78 is 5.43. The molecular formula is C13H20N2O3. The number of ether oxygens (including phenoxy) is 1. The zero-order chi connectivity index (χ0) is 13.4. The van der Waals surface area contributed by atoms with Crippen molar-refractivity contribution >= 4 is 5.69 Å². The minimum atomic E-state index is -0.410. The maximum Gasteiger partial charge on any atom is 0.311 e. The van der Waals surface area contributed by atoms with Crippen LogP contribution in [0.5, 0.6) is 5.75 Å². The van der Waals surface area contributed by atoms with Crippen LogP contribution in [0, 0.1) is 17.0 Å². The minimum Gasteiger partial charge on any atom is -0.485 e. The van der Waals surface area contributed by atoms with Crippen LogP contribution in [0.25, 0.3) is 0 Å². The summed E-state index contributed by atoms with van der Waals surface area (Å²) in [6.45, 7) is 6.05. The van der Waals surface area contributed by atoms with E-state index in [4.69, 9.17) is 4.74 Å². The van der Waals surface area contributed by atoms with Gasteiger partial charge in [0.2, 0.25) is 0 Å². The van der Waals surface area contributed by atoms with Crippen LogP contribution in [-0.4, -0.2) is 24.6 Å². The maximum atomic E-state index is 10.9. The number of nitro groups is 1. The Kier molecular flexibility index (Phi) is 6.14. The van der Waals surface area contributed by atoms with Gasteiger partial charge in [0.05, 0.1) is 4.92 Å². The average Bonchev–Trinajstić information content (AvgIpc) is 2.35. The molecule has 0 amide bonds. The van der Waals surface area contributed by atoms with Crippen molar-refractivity contribution in [1.29, 1.82) is 0 Å². The van der Waals surface area contributed by atoms with E-state index in [2.05, 4.69) is 12.2 Å². The number of nitro benzene ring substituents is 1. The van der Waals surface area contributed by atoms with Gasteiger partial charge >= 0.3 is 5.69 Å². The summed E-state index contributed by atoms with van der Waals surface area (Å²) in [5.41, 5.74) is 0.888. The van der Waals surface area contributed by atoms with Gasteiger partial charge in [0.1, 0.15) is 6.61 Å². The number of aryl methyl sites for hydroxylation is 1. The number of benzene rings is 1. The van der Waals surface area contributed by atoms with Crippen LogP contribution in [0.4, 0.5) is 5.69 Å². The van der Waals surface area contributed by atoms with Crippen molar-refractivity contribution in [3.8, 4) is 5.75 Å². The van der Waals surface area contributed by atoms with E-state index in [-0.39, 0.29) is 5.69 Å². The standard InChI is InChI=1S/C13H20N2O3/c1-3-4-7-14-8-9-18-13-6-5-11(2)10-12(13)15(16)17/h5-6,10,14H,3-4,7-9H2,1-2H3. The van der Waals surface area contributed by atoms with Crippen LogP contribution < -0.4 is 10.1 Å². The Balaban J connectivity index is 2.44. The summed E-state index contributed by atoms with van der Waals surface area (Å²) in [6, 6.07) is 4.99. The van der Waals surface area contributed by atoms with Crippen molar-refractivity contribution in [1.82, 2.24) is 5.32 Å². The van der Waals surface area contributed by atoms with E-state index in [1.807, 2.05) is 13.0 Å². The van der Waals surface area contributed by atoms with Gasteiger partial charge in [0, 0.05) is 12.6 Å². The molecule has 0 atom stereocenters. The van der Waals surface area contributed by atoms with Crippen molar-refractivity contribution in [2.24, 2.45) is 0 Å². The SMILES string of the molecule is CCCCNCCOc1ccc(C)cc1[N+](=O)[O-]. The Morgan fingerprint density at radius 1 is 1.39 bits per heavy atom. The molecule has 5 nitrogen and oxygen atoms in total. The molecule has 0 saturated heterocycles. The lowest BCUT2D eigenvalue weighted by Gasteiger charge is -2.08. The predicted octanol–water partition coefficient (Wildman–Crippen LogP) is 2.67. The Morgan fingerprint density at radius 3 is 2.83 bits per heavy atom. The number of hydrogen-bond acceptors (Lipinski definition) is 4. The van der Waals surface area contributed by atoms with Gasteiger partial charge in [-0.25, -0.2) is 0 Å². The van der Waals surface area contributed by atoms with E-state index in [9.17, 15) is 10.1 Å². The van der Waals surface area contributed by atoms with Crippen molar-refractivity contribution in [2.45, 2.75) is 26.7 Å². The highest BCUT2D eigenvalue weighted by atomic mass is 16.6. The van der Waals surface area contributed by atoms with Crippen LogP contribution in [0.2, 0.25) is 0 Å². The molecular weight excluding hydrogens is 232 g/mol. The van der Waals surface area contributed by atoms with Gasteiger partial charge in [-0.15, -0.1) is 0 Å². The third kappa shape index (κ3) is 4.71. The normalized spacial score (nSPS) is 10.3. The van der Waals surface area contributed by atoms with Gasteiger partial charge < -0.3 is 10.1 Å². The minimum absolute atomic E-state index is 0.0311. The fourth-order valence-electron chi connectivity index (χ4n) is 1.55. The molecule has 18 heavy (non-hydrogen) atoms. The molecule has 0 aliphatic carbocycles. The molecule has 5 heteroatoms. The van der Waals surface area contributed by atoms with E-state index in [1.54, 1.807) is 6.07 Å². The van der Waals surface area contributed by atoms with Gasteiger partial charge in [-0.1, -0.05) is 19.4 Å². The molecule has 0 radical (unpaired) electrons. The lowest BCUT2D eigenvalue weighted by Crippen LogP contribution is -2.22. The fraction of sp³-hybridized carbons (Fsp3) is 0.538. The predicted molar refractivity (Wildman–Crippen MR) is 71.1 cm³/mol. The number of unbranched alkanes of at least 4 members (excludes halogenated alkanes) is 1. The van der Waals surface area contributed by atoms with Crippen molar-refractivity contribution in [3.05, 3.63) is 33.9 Å². The molecule has 0 spiro atoms. The summed E-state index contributed by atoms with van der Waals surface area (Å²) in [4.78, 5) is 10.4. The molecule has 0 aliphatic heterocycles. The van der Waals surface area contributed by atoms with E-state index < -0.39 is 4.92 Å². The van der Waals surface area contributed by atoms with Crippen molar-refractivity contribution in [3.63, 3.8) is 0 Å². The van der Waals surface area contributed by atoms with Crippen LogP contribution in [0.3, 0.4) is 0 Å². The van der Waals surface area contributed by atoms with E-state index in [0.29, 0.717) is 18.9 Å². The van der Waals surface area contributed by atoms with E-state index in [0.717, 1.165) is 24.9 Å². The maximum absolute atomic E-state index is 10.9. The van der Waals surface area contributed by atoms with Gasteiger partial charge in [-0.05, 0) is 31.5 Å². The highest BCUT2D eigenvalue weighted by Gasteiger charge is 2.14. The summed E-state index contributed by atoms with van der Waals surface area (Å²) in [5, 5.41) is 14.1. The highest BCUT2D eigenvalue weighted by Crippen LogP contribution is 2.27. The van der Waals surface area contributed by atoms with Gasteiger partial charge in [-0.3, -0.25) is 10.1 Å². The molecule has 1 N–H and O–H groups in total. The topological polar surface area (TPSA) is 64.4 Å². The number of nitrogens with one attached hydrogen (secondary N) is 1. The Hall–Kier alpha value is -1.62. The number of hydrogen-bond donors (Lipinski definition) is 1. The first-order valence-electron chi connectivity index (χ1n) is 6.23. The molecule has 0 unspecified atom stereocenters. The second-order valence-corrected chi connectivity index (χ2v) is 4.18. The van der Waals surface area contributed by atoms with Gasteiger partial charge in [0.25, 0.3) is 0 Å². The molecule has 0 aliphatic rings. The molecule has 1 aromatic carbocycles.